The number of rotatable bonds is 6. The molecule has 0 saturated heterocycles. The molecule has 0 N–H and O–H groups in total. The lowest BCUT2D eigenvalue weighted by molar-refractivity contribution is -0.136. The van der Waals surface area contributed by atoms with Crippen molar-refractivity contribution in [2.24, 2.45) is 4.99 Å². The predicted octanol–water partition coefficient (Wildman–Crippen LogP) is 4.78. The number of allylic oxidation sites excluding steroid dienone is 1. The Hall–Kier alpha value is -4.01. The van der Waals surface area contributed by atoms with Gasteiger partial charge in [-0.1, -0.05) is 71.5 Å². The van der Waals surface area contributed by atoms with Crippen LogP contribution < -0.4 is 19.6 Å². The summed E-state index contributed by atoms with van der Waals surface area (Å²) in [6.45, 7) is 2.10. The minimum atomic E-state index is -0.792. The average molecular weight is 549 g/mol. The molecule has 4 aromatic rings. The normalized spacial score (nSPS) is 15.2. The Balaban J connectivity index is 1.58. The maximum Gasteiger partial charge on any atom is 0.338 e. The third-order valence-electron chi connectivity index (χ3n) is 6.15. The molecule has 192 valence electrons. The first-order valence-electron chi connectivity index (χ1n) is 11.7. The Morgan fingerprint density at radius 3 is 2.53 bits per heavy atom. The standard InChI is InChI=1S/C29H22ClFN2O4S/c1-17-25(28(35)36-2)26(19-11-13-20(14-12-19)37-16-18-7-4-3-5-8-18)33-27(34)24(38-29(33)32-17)15-21-22(30)9-6-10-23(21)31/h3-15,26H,16H2,1-2H3. The van der Waals surface area contributed by atoms with E-state index >= 15 is 0 Å². The molecule has 1 aromatic heterocycles. The number of hydrogen-bond donors (Lipinski definition) is 0. The number of nitrogens with zero attached hydrogens (tertiary/aromatic N) is 2. The number of aromatic nitrogens is 1. The van der Waals surface area contributed by atoms with Crippen molar-refractivity contribution in [3.8, 4) is 5.75 Å². The highest BCUT2D eigenvalue weighted by atomic mass is 35.5. The number of ether oxygens (including phenoxy) is 2. The smallest absolute Gasteiger partial charge is 0.338 e. The first-order chi connectivity index (χ1) is 18.4. The minimum absolute atomic E-state index is 0.111. The Morgan fingerprint density at radius 2 is 1.84 bits per heavy atom. The number of methoxy groups -OCH3 is 1. The zero-order valence-electron chi connectivity index (χ0n) is 20.5. The molecule has 0 bridgehead atoms. The van der Waals surface area contributed by atoms with Crippen molar-refractivity contribution in [3.05, 3.63) is 131 Å². The van der Waals surface area contributed by atoms with Crippen molar-refractivity contribution >= 4 is 35.0 Å². The molecule has 9 heteroatoms. The molecule has 0 radical (unpaired) electrons. The summed E-state index contributed by atoms with van der Waals surface area (Å²) in [6.07, 6.45) is 1.41. The highest BCUT2D eigenvalue weighted by Gasteiger charge is 2.33. The molecule has 0 saturated carbocycles. The zero-order chi connectivity index (χ0) is 26.8. The Kier molecular flexibility index (Phi) is 7.26. The van der Waals surface area contributed by atoms with Gasteiger partial charge in [-0.25, -0.2) is 14.2 Å². The SMILES string of the molecule is COC(=O)C1=C(C)N=c2sc(=Cc3c(F)cccc3Cl)c(=O)n2C1c1ccc(OCc2ccccc2)cc1. The van der Waals surface area contributed by atoms with E-state index in [1.54, 1.807) is 37.3 Å². The summed E-state index contributed by atoms with van der Waals surface area (Å²) >= 11 is 7.29. The lowest BCUT2D eigenvalue weighted by atomic mass is 9.96. The van der Waals surface area contributed by atoms with Crippen LogP contribution in [0, 0.1) is 5.82 Å². The summed E-state index contributed by atoms with van der Waals surface area (Å²) in [5, 5.41) is 0.185. The first kappa shape index (κ1) is 25.6. The van der Waals surface area contributed by atoms with Crippen molar-refractivity contribution < 1.29 is 18.7 Å². The molecule has 1 atom stereocenters. The van der Waals surface area contributed by atoms with Gasteiger partial charge in [-0.2, -0.15) is 0 Å². The average Bonchev–Trinajstić information content (AvgIpc) is 3.23. The van der Waals surface area contributed by atoms with E-state index in [0.29, 0.717) is 28.4 Å². The van der Waals surface area contributed by atoms with E-state index in [0.717, 1.165) is 16.9 Å². The van der Waals surface area contributed by atoms with Crippen LogP contribution in [0.25, 0.3) is 6.08 Å². The molecule has 1 aliphatic heterocycles. The van der Waals surface area contributed by atoms with Gasteiger partial charge >= 0.3 is 5.97 Å². The lowest BCUT2D eigenvalue weighted by Crippen LogP contribution is -2.39. The fourth-order valence-electron chi connectivity index (χ4n) is 4.27. The second-order valence-corrected chi connectivity index (χ2v) is 9.97. The number of benzene rings is 3. The van der Waals surface area contributed by atoms with Gasteiger partial charge in [-0.05, 0) is 48.4 Å². The van der Waals surface area contributed by atoms with E-state index in [1.165, 1.54) is 29.9 Å². The van der Waals surface area contributed by atoms with Crippen LogP contribution in [0.2, 0.25) is 5.02 Å². The van der Waals surface area contributed by atoms with Crippen molar-refractivity contribution in [3.63, 3.8) is 0 Å². The maximum absolute atomic E-state index is 14.5. The van der Waals surface area contributed by atoms with E-state index < -0.39 is 23.4 Å². The van der Waals surface area contributed by atoms with Crippen LogP contribution in [0.4, 0.5) is 4.39 Å². The van der Waals surface area contributed by atoms with E-state index in [2.05, 4.69) is 4.99 Å². The van der Waals surface area contributed by atoms with E-state index in [9.17, 15) is 14.0 Å². The van der Waals surface area contributed by atoms with E-state index in [4.69, 9.17) is 21.1 Å². The molecule has 0 aliphatic carbocycles. The van der Waals surface area contributed by atoms with Crippen LogP contribution in [-0.4, -0.2) is 17.6 Å². The molecule has 6 nitrogen and oxygen atoms in total. The molecule has 1 aliphatic rings. The molecular weight excluding hydrogens is 527 g/mol. The third-order valence-corrected chi connectivity index (χ3v) is 7.46. The zero-order valence-corrected chi connectivity index (χ0v) is 22.1. The van der Waals surface area contributed by atoms with Crippen LogP contribution in [0.1, 0.15) is 29.7 Å². The number of thiazole rings is 1. The van der Waals surface area contributed by atoms with Gasteiger partial charge in [0.2, 0.25) is 0 Å². The molecule has 0 fully saturated rings. The number of halogens is 2. The minimum Gasteiger partial charge on any atom is -0.489 e. The molecule has 3 aromatic carbocycles. The summed E-state index contributed by atoms with van der Waals surface area (Å²) in [5.74, 6) is -0.496. The summed E-state index contributed by atoms with van der Waals surface area (Å²) in [5.41, 5.74) is 2.07. The highest BCUT2D eigenvalue weighted by molar-refractivity contribution is 7.07. The topological polar surface area (TPSA) is 69.9 Å². The Labute approximate surface area is 226 Å². The van der Waals surface area contributed by atoms with Crippen LogP contribution in [0.3, 0.4) is 0 Å². The van der Waals surface area contributed by atoms with Gasteiger partial charge in [0.15, 0.2) is 4.80 Å². The molecule has 0 amide bonds. The van der Waals surface area contributed by atoms with Gasteiger partial charge in [0, 0.05) is 5.56 Å². The fraction of sp³-hybridized carbons (Fsp3) is 0.138. The van der Waals surface area contributed by atoms with Crippen molar-refractivity contribution in [2.75, 3.05) is 7.11 Å². The van der Waals surface area contributed by atoms with Crippen LogP contribution >= 0.6 is 22.9 Å². The lowest BCUT2D eigenvalue weighted by Gasteiger charge is -2.24. The number of carbonyl (C=O) groups excluding carboxylic acids is 1. The second kappa shape index (κ2) is 10.8. The molecule has 1 unspecified atom stereocenters. The number of hydrogen-bond acceptors (Lipinski definition) is 6. The van der Waals surface area contributed by atoms with Gasteiger partial charge in [-0.15, -0.1) is 0 Å². The van der Waals surface area contributed by atoms with Crippen molar-refractivity contribution in [1.29, 1.82) is 0 Å². The molecular formula is C29H22ClFN2O4S. The van der Waals surface area contributed by atoms with E-state index in [1.807, 2.05) is 30.3 Å². The first-order valence-corrected chi connectivity index (χ1v) is 12.9. The maximum atomic E-state index is 14.5. The predicted molar refractivity (Wildman–Crippen MR) is 144 cm³/mol. The number of carbonyl (C=O) groups is 1. The third kappa shape index (κ3) is 4.92. The largest absolute Gasteiger partial charge is 0.489 e. The fourth-order valence-corrected chi connectivity index (χ4v) is 5.52. The van der Waals surface area contributed by atoms with E-state index in [-0.39, 0.29) is 20.7 Å². The van der Waals surface area contributed by atoms with Gasteiger partial charge in [-0.3, -0.25) is 9.36 Å². The van der Waals surface area contributed by atoms with Gasteiger partial charge < -0.3 is 9.47 Å². The van der Waals surface area contributed by atoms with Crippen LogP contribution in [0.15, 0.2) is 93.9 Å². The summed E-state index contributed by atoms with van der Waals surface area (Å²) in [4.78, 5) is 31.4. The summed E-state index contributed by atoms with van der Waals surface area (Å²) in [6, 6.07) is 20.5. The second-order valence-electron chi connectivity index (χ2n) is 8.55. The van der Waals surface area contributed by atoms with Gasteiger partial charge in [0.05, 0.1) is 34.0 Å². The van der Waals surface area contributed by atoms with Crippen LogP contribution in [-0.2, 0) is 16.1 Å². The van der Waals surface area contributed by atoms with Crippen molar-refractivity contribution in [1.82, 2.24) is 4.57 Å². The van der Waals surface area contributed by atoms with Crippen LogP contribution in [0.5, 0.6) is 5.75 Å². The highest BCUT2D eigenvalue weighted by Crippen LogP contribution is 2.31. The van der Waals surface area contributed by atoms with Gasteiger partial charge in [0.25, 0.3) is 5.56 Å². The van der Waals surface area contributed by atoms with Crippen molar-refractivity contribution in [2.45, 2.75) is 19.6 Å². The monoisotopic (exact) mass is 548 g/mol. The number of esters is 1. The molecule has 2 heterocycles. The Morgan fingerprint density at radius 1 is 1.11 bits per heavy atom. The molecule has 5 rings (SSSR count). The quantitative estimate of drug-likeness (QED) is 0.325. The molecule has 38 heavy (non-hydrogen) atoms. The van der Waals surface area contributed by atoms with Gasteiger partial charge in [0.1, 0.15) is 18.2 Å². The summed E-state index contributed by atoms with van der Waals surface area (Å²) in [7, 11) is 1.28. The Bertz CT molecular complexity index is 1710. The molecule has 0 spiro atoms. The summed E-state index contributed by atoms with van der Waals surface area (Å²) < 4.78 is 27.1. The number of fused-ring (bicyclic) bond motifs is 1.